The Bertz CT molecular complexity index is 1150. The summed E-state index contributed by atoms with van der Waals surface area (Å²) in [5.74, 6) is 0.102. The van der Waals surface area contributed by atoms with Crippen LogP contribution in [0.1, 0.15) is 13.3 Å². The van der Waals surface area contributed by atoms with Crippen LogP contribution in [0.3, 0.4) is 0 Å². The SMILES string of the molecule is CC[C@@H](Oc1ccc(N(C)S(C)(=O)=O)cc1)C(=O)Nc1nnc(-c2ccc(Cl)cc2)s1. The molecule has 0 aliphatic carbocycles. The van der Waals surface area contributed by atoms with Gasteiger partial charge in [-0.05, 0) is 42.8 Å². The molecule has 11 heteroatoms. The van der Waals surface area contributed by atoms with Crippen molar-refractivity contribution in [1.82, 2.24) is 10.2 Å². The third kappa shape index (κ3) is 5.93. The highest BCUT2D eigenvalue weighted by atomic mass is 35.5. The van der Waals surface area contributed by atoms with Crippen molar-refractivity contribution < 1.29 is 17.9 Å². The van der Waals surface area contributed by atoms with Gasteiger partial charge in [-0.2, -0.15) is 0 Å². The van der Waals surface area contributed by atoms with Crippen molar-refractivity contribution in [3.63, 3.8) is 0 Å². The summed E-state index contributed by atoms with van der Waals surface area (Å²) in [5.41, 5.74) is 1.35. The fourth-order valence-electron chi connectivity index (χ4n) is 2.58. The number of anilines is 2. The summed E-state index contributed by atoms with van der Waals surface area (Å²) >= 11 is 7.15. The predicted molar refractivity (Wildman–Crippen MR) is 123 cm³/mol. The molecule has 0 saturated heterocycles. The van der Waals surface area contributed by atoms with E-state index in [9.17, 15) is 13.2 Å². The van der Waals surface area contributed by atoms with Crippen molar-refractivity contribution in [2.24, 2.45) is 0 Å². The molecular formula is C20H21ClN4O4S2. The van der Waals surface area contributed by atoms with Gasteiger partial charge in [0.1, 0.15) is 10.8 Å². The molecule has 0 aliphatic heterocycles. The summed E-state index contributed by atoms with van der Waals surface area (Å²) in [7, 11) is -1.89. The zero-order valence-electron chi connectivity index (χ0n) is 17.1. The van der Waals surface area contributed by atoms with E-state index in [0.717, 1.165) is 16.1 Å². The Morgan fingerprint density at radius 1 is 1.16 bits per heavy atom. The van der Waals surface area contributed by atoms with Crippen LogP contribution in [0.25, 0.3) is 10.6 Å². The van der Waals surface area contributed by atoms with Crippen molar-refractivity contribution >= 4 is 49.7 Å². The van der Waals surface area contributed by atoms with Crippen LogP contribution in [0.5, 0.6) is 5.75 Å². The van der Waals surface area contributed by atoms with E-state index >= 15 is 0 Å². The second kappa shape index (κ2) is 9.63. The number of benzene rings is 2. The maximum absolute atomic E-state index is 12.6. The smallest absolute Gasteiger partial charge is 0.267 e. The molecule has 3 aromatic rings. The Labute approximate surface area is 189 Å². The Hall–Kier alpha value is -2.69. The summed E-state index contributed by atoms with van der Waals surface area (Å²) in [4.78, 5) is 12.6. The van der Waals surface area contributed by atoms with Crippen LogP contribution in [-0.2, 0) is 14.8 Å². The molecule has 1 amide bonds. The molecule has 8 nitrogen and oxygen atoms in total. The number of ether oxygens (including phenoxy) is 1. The van der Waals surface area contributed by atoms with Crippen LogP contribution < -0.4 is 14.4 Å². The van der Waals surface area contributed by atoms with E-state index in [2.05, 4.69) is 15.5 Å². The van der Waals surface area contributed by atoms with Crippen LogP contribution in [0.4, 0.5) is 10.8 Å². The van der Waals surface area contributed by atoms with E-state index in [0.29, 0.717) is 33.0 Å². The summed E-state index contributed by atoms with van der Waals surface area (Å²) in [6, 6.07) is 13.7. The molecule has 0 bridgehead atoms. The molecule has 164 valence electrons. The number of sulfonamides is 1. The molecule has 31 heavy (non-hydrogen) atoms. The standard InChI is InChI=1S/C20H21ClN4O4S2/c1-4-17(29-16-11-9-15(10-12-16)25(2)31(3,27)28)18(26)22-20-24-23-19(30-20)13-5-7-14(21)8-6-13/h5-12,17H,4H2,1-3H3,(H,22,24,26)/t17-/m1/s1. The molecule has 1 atom stereocenters. The number of aromatic nitrogens is 2. The lowest BCUT2D eigenvalue weighted by Crippen LogP contribution is -2.32. The topological polar surface area (TPSA) is 101 Å². The molecule has 0 fully saturated rings. The third-order valence-electron chi connectivity index (χ3n) is 4.39. The highest BCUT2D eigenvalue weighted by Gasteiger charge is 2.21. The molecular weight excluding hydrogens is 460 g/mol. The van der Waals surface area contributed by atoms with Crippen LogP contribution in [0.15, 0.2) is 48.5 Å². The molecule has 1 N–H and O–H groups in total. The van der Waals surface area contributed by atoms with Gasteiger partial charge in [0, 0.05) is 17.6 Å². The normalized spacial score (nSPS) is 12.3. The third-order valence-corrected chi connectivity index (χ3v) is 6.73. The van der Waals surface area contributed by atoms with Crippen LogP contribution in [0.2, 0.25) is 5.02 Å². The largest absolute Gasteiger partial charge is 0.481 e. The van der Waals surface area contributed by atoms with Gasteiger partial charge in [-0.25, -0.2) is 8.42 Å². The van der Waals surface area contributed by atoms with Crippen molar-refractivity contribution in [3.05, 3.63) is 53.6 Å². The minimum absolute atomic E-state index is 0.348. The molecule has 1 aromatic heterocycles. The van der Waals surface area contributed by atoms with Crippen LogP contribution in [0, 0.1) is 0 Å². The van der Waals surface area contributed by atoms with Gasteiger partial charge in [-0.1, -0.05) is 42.0 Å². The monoisotopic (exact) mass is 480 g/mol. The van der Waals surface area contributed by atoms with Crippen LogP contribution in [-0.4, -0.2) is 43.9 Å². The molecule has 0 saturated carbocycles. The Morgan fingerprint density at radius 2 is 1.81 bits per heavy atom. The fraction of sp³-hybridized carbons (Fsp3) is 0.250. The molecule has 3 rings (SSSR count). The second-order valence-electron chi connectivity index (χ2n) is 6.65. The first-order valence-electron chi connectivity index (χ1n) is 9.28. The number of rotatable bonds is 8. The fourth-order valence-corrected chi connectivity index (χ4v) is 3.96. The van der Waals surface area contributed by atoms with Crippen molar-refractivity contribution in [3.8, 4) is 16.3 Å². The minimum Gasteiger partial charge on any atom is -0.481 e. The van der Waals surface area contributed by atoms with E-state index in [-0.39, 0.29) is 5.91 Å². The van der Waals surface area contributed by atoms with Gasteiger partial charge in [-0.15, -0.1) is 10.2 Å². The van der Waals surface area contributed by atoms with Crippen LogP contribution >= 0.6 is 22.9 Å². The van der Waals surface area contributed by atoms with Gasteiger partial charge in [0.15, 0.2) is 6.10 Å². The molecule has 0 aliphatic rings. The average Bonchev–Trinajstić information content (AvgIpc) is 3.20. The Kier molecular flexibility index (Phi) is 7.14. The minimum atomic E-state index is -3.35. The number of hydrogen-bond donors (Lipinski definition) is 1. The maximum Gasteiger partial charge on any atom is 0.267 e. The number of nitrogens with one attached hydrogen (secondary N) is 1. The highest BCUT2D eigenvalue weighted by Crippen LogP contribution is 2.28. The van der Waals surface area contributed by atoms with Crippen molar-refractivity contribution in [2.75, 3.05) is 22.9 Å². The predicted octanol–water partition coefficient (Wildman–Crippen LogP) is 4.05. The first kappa shape index (κ1) is 23.0. The highest BCUT2D eigenvalue weighted by molar-refractivity contribution is 7.92. The lowest BCUT2D eigenvalue weighted by Gasteiger charge is -2.19. The molecule has 0 unspecified atom stereocenters. The van der Waals surface area contributed by atoms with Gasteiger partial charge in [0.2, 0.25) is 15.2 Å². The van der Waals surface area contributed by atoms with E-state index in [4.69, 9.17) is 16.3 Å². The number of amides is 1. The summed E-state index contributed by atoms with van der Waals surface area (Å²) in [6.45, 7) is 1.83. The second-order valence-corrected chi connectivity index (χ2v) is 10.1. The lowest BCUT2D eigenvalue weighted by atomic mass is 10.2. The van der Waals surface area contributed by atoms with Gasteiger partial charge in [0.05, 0.1) is 11.9 Å². The first-order valence-corrected chi connectivity index (χ1v) is 12.3. The maximum atomic E-state index is 12.6. The van der Waals surface area contributed by atoms with E-state index in [1.165, 1.54) is 18.4 Å². The Balaban J connectivity index is 1.65. The molecule has 1 heterocycles. The quantitative estimate of drug-likeness (QED) is 0.522. The van der Waals surface area contributed by atoms with Gasteiger partial charge >= 0.3 is 0 Å². The zero-order chi connectivity index (χ0) is 22.6. The average molecular weight is 481 g/mol. The van der Waals surface area contributed by atoms with E-state index in [1.54, 1.807) is 36.4 Å². The lowest BCUT2D eigenvalue weighted by molar-refractivity contribution is -0.122. The molecule has 2 aromatic carbocycles. The number of carbonyl (C=O) groups is 1. The molecule has 0 radical (unpaired) electrons. The number of hydrogen-bond acceptors (Lipinski definition) is 7. The van der Waals surface area contributed by atoms with Crippen molar-refractivity contribution in [1.29, 1.82) is 0 Å². The first-order chi connectivity index (χ1) is 14.7. The van der Waals surface area contributed by atoms with Gasteiger partial charge < -0.3 is 4.74 Å². The van der Waals surface area contributed by atoms with Gasteiger partial charge in [0.25, 0.3) is 5.91 Å². The molecule has 0 spiro atoms. The summed E-state index contributed by atoms with van der Waals surface area (Å²) in [6.07, 6.45) is 0.807. The number of nitrogens with zero attached hydrogens (tertiary/aromatic N) is 3. The summed E-state index contributed by atoms with van der Waals surface area (Å²) < 4.78 is 30.2. The van der Waals surface area contributed by atoms with E-state index in [1.807, 2.05) is 19.1 Å². The van der Waals surface area contributed by atoms with Gasteiger partial charge in [-0.3, -0.25) is 14.4 Å². The summed E-state index contributed by atoms with van der Waals surface area (Å²) in [5, 5.41) is 12.5. The van der Waals surface area contributed by atoms with E-state index < -0.39 is 16.1 Å². The number of carbonyl (C=O) groups excluding carboxylic acids is 1. The Morgan fingerprint density at radius 3 is 2.39 bits per heavy atom. The zero-order valence-corrected chi connectivity index (χ0v) is 19.5. The number of halogens is 1. The van der Waals surface area contributed by atoms with Crippen molar-refractivity contribution in [2.45, 2.75) is 19.4 Å².